The van der Waals surface area contributed by atoms with E-state index in [9.17, 15) is 39.3 Å². The molecule has 0 radical (unpaired) electrons. The van der Waals surface area contributed by atoms with Crippen LogP contribution in [-0.4, -0.2) is 93.2 Å². The zero-order valence-electron chi connectivity index (χ0n) is 16.6. The van der Waals surface area contributed by atoms with Crippen molar-refractivity contribution in [3.05, 3.63) is 0 Å². The molecule has 0 bridgehead atoms. The van der Waals surface area contributed by atoms with Gasteiger partial charge in [0.05, 0.1) is 12.7 Å². The molecule has 0 aromatic heterocycles. The molecule has 13 nitrogen and oxygen atoms in total. The van der Waals surface area contributed by atoms with Crippen molar-refractivity contribution in [1.82, 2.24) is 15.5 Å². The molecule has 0 aliphatic carbocycles. The second-order valence-corrected chi connectivity index (χ2v) is 7.10. The number of amides is 4. The number of carbonyl (C=O) groups is 5. The van der Waals surface area contributed by atoms with E-state index in [2.05, 4.69) is 10.6 Å². The van der Waals surface area contributed by atoms with Crippen molar-refractivity contribution in [2.75, 3.05) is 13.2 Å². The number of carbonyl (C=O) groups excluding carboxylic acids is 4. The lowest BCUT2D eigenvalue weighted by Gasteiger charge is -2.29. The molecular formula is C17H29N5O8. The van der Waals surface area contributed by atoms with Gasteiger partial charge in [-0.15, -0.1) is 0 Å². The van der Waals surface area contributed by atoms with E-state index in [1.165, 1.54) is 6.92 Å². The molecule has 0 aromatic rings. The van der Waals surface area contributed by atoms with E-state index in [0.29, 0.717) is 6.42 Å². The number of aliphatic carboxylic acids is 1. The van der Waals surface area contributed by atoms with Gasteiger partial charge < -0.3 is 42.3 Å². The number of primary amides is 1. The molecule has 1 rings (SSSR count). The second kappa shape index (κ2) is 11.4. The Bertz CT molecular complexity index is 671. The summed E-state index contributed by atoms with van der Waals surface area (Å²) in [4.78, 5) is 60.6. The van der Waals surface area contributed by atoms with Gasteiger partial charge >= 0.3 is 5.97 Å². The van der Waals surface area contributed by atoms with Crippen LogP contribution in [0.15, 0.2) is 0 Å². The van der Waals surface area contributed by atoms with Crippen LogP contribution in [-0.2, 0) is 24.0 Å². The number of aliphatic hydroxyl groups is 2. The Labute approximate surface area is 172 Å². The molecule has 5 unspecified atom stereocenters. The zero-order valence-corrected chi connectivity index (χ0v) is 16.6. The Hall–Kier alpha value is -2.77. The van der Waals surface area contributed by atoms with Crippen molar-refractivity contribution < 1.29 is 39.3 Å². The van der Waals surface area contributed by atoms with Gasteiger partial charge in [0.15, 0.2) is 0 Å². The standard InChI is InChI=1S/C17H29N5O8/c1-8(24)13(19)15(27)21-10(7-23)16(28)22-6-2-3-11(22)14(26)20-9(17(29)30)4-5-12(18)25/h8-11,13,23-24H,2-7,19H2,1H3,(H2,18,25)(H,20,26)(H,21,27)(H,29,30). The maximum atomic E-state index is 12.7. The molecule has 1 aliphatic rings. The van der Waals surface area contributed by atoms with Gasteiger partial charge in [0, 0.05) is 13.0 Å². The third kappa shape index (κ3) is 6.93. The summed E-state index contributed by atoms with van der Waals surface area (Å²) in [6, 6.07) is -5.07. The quantitative estimate of drug-likeness (QED) is 0.169. The van der Waals surface area contributed by atoms with Crippen LogP contribution in [0.4, 0.5) is 0 Å². The fourth-order valence-corrected chi connectivity index (χ4v) is 2.99. The monoisotopic (exact) mass is 431 g/mol. The minimum absolute atomic E-state index is 0.158. The number of rotatable bonds is 11. The highest BCUT2D eigenvalue weighted by molar-refractivity contribution is 5.94. The van der Waals surface area contributed by atoms with Crippen LogP contribution in [0.3, 0.4) is 0 Å². The first-order valence-corrected chi connectivity index (χ1v) is 9.46. The molecule has 4 amide bonds. The van der Waals surface area contributed by atoms with E-state index in [4.69, 9.17) is 11.5 Å². The topological polar surface area (TPSA) is 225 Å². The van der Waals surface area contributed by atoms with E-state index in [1.807, 2.05) is 0 Å². The number of likely N-dealkylation sites (tertiary alicyclic amines) is 1. The highest BCUT2D eigenvalue weighted by atomic mass is 16.4. The van der Waals surface area contributed by atoms with E-state index in [0.717, 1.165) is 4.90 Å². The van der Waals surface area contributed by atoms with Gasteiger partial charge in [0.25, 0.3) is 0 Å². The number of hydrogen-bond donors (Lipinski definition) is 7. The summed E-state index contributed by atoms with van der Waals surface area (Å²) >= 11 is 0. The van der Waals surface area contributed by atoms with Crippen molar-refractivity contribution in [3.63, 3.8) is 0 Å². The minimum atomic E-state index is -1.39. The van der Waals surface area contributed by atoms with E-state index in [-0.39, 0.29) is 25.8 Å². The Morgan fingerprint density at radius 2 is 1.80 bits per heavy atom. The van der Waals surface area contributed by atoms with Crippen LogP contribution >= 0.6 is 0 Å². The number of nitrogens with one attached hydrogen (secondary N) is 2. The zero-order chi connectivity index (χ0) is 23.0. The minimum Gasteiger partial charge on any atom is -0.480 e. The Kier molecular flexibility index (Phi) is 9.62. The lowest BCUT2D eigenvalue weighted by molar-refractivity contribution is -0.145. The number of hydrogen-bond acceptors (Lipinski definition) is 8. The molecule has 1 aliphatic heterocycles. The maximum Gasteiger partial charge on any atom is 0.326 e. The van der Waals surface area contributed by atoms with Gasteiger partial charge in [-0.25, -0.2) is 4.79 Å². The molecule has 1 fully saturated rings. The molecule has 30 heavy (non-hydrogen) atoms. The summed E-state index contributed by atoms with van der Waals surface area (Å²) < 4.78 is 0. The van der Waals surface area contributed by atoms with E-state index in [1.54, 1.807) is 0 Å². The Morgan fingerprint density at radius 3 is 2.30 bits per heavy atom. The van der Waals surface area contributed by atoms with Gasteiger partial charge in [0.2, 0.25) is 23.6 Å². The molecule has 170 valence electrons. The van der Waals surface area contributed by atoms with Crippen LogP contribution in [0, 0.1) is 0 Å². The fraction of sp³-hybridized carbons (Fsp3) is 0.706. The summed E-state index contributed by atoms with van der Waals surface area (Å²) in [6.45, 7) is 0.682. The van der Waals surface area contributed by atoms with Gasteiger partial charge in [-0.05, 0) is 26.2 Å². The Morgan fingerprint density at radius 1 is 1.17 bits per heavy atom. The van der Waals surface area contributed by atoms with Crippen LogP contribution < -0.4 is 22.1 Å². The summed E-state index contributed by atoms with van der Waals surface area (Å²) in [6.07, 6.45) is -0.935. The Balaban J connectivity index is 2.83. The van der Waals surface area contributed by atoms with Crippen LogP contribution in [0.25, 0.3) is 0 Å². The number of aliphatic hydroxyl groups excluding tert-OH is 2. The maximum absolute atomic E-state index is 12.7. The highest BCUT2D eigenvalue weighted by Gasteiger charge is 2.39. The third-order valence-electron chi connectivity index (χ3n) is 4.75. The van der Waals surface area contributed by atoms with Crippen LogP contribution in [0.2, 0.25) is 0 Å². The predicted octanol–water partition coefficient (Wildman–Crippen LogP) is -4.00. The summed E-state index contributed by atoms with van der Waals surface area (Å²) in [7, 11) is 0. The smallest absolute Gasteiger partial charge is 0.326 e. The molecule has 1 saturated heterocycles. The molecule has 0 spiro atoms. The summed E-state index contributed by atoms with van der Waals surface area (Å²) in [5, 5.41) is 32.6. The average Bonchev–Trinajstić information content (AvgIpc) is 3.17. The van der Waals surface area contributed by atoms with Crippen molar-refractivity contribution in [2.45, 2.75) is 62.9 Å². The third-order valence-corrected chi connectivity index (χ3v) is 4.75. The second-order valence-electron chi connectivity index (χ2n) is 7.10. The number of nitrogens with zero attached hydrogens (tertiary/aromatic N) is 1. The number of carboxylic acids is 1. The van der Waals surface area contributed by atoms with Crippen LogP contribution in [0.5, 0.6) is 0 Å². The largest absolute Gasteiger partial charge is 0.480 e. The summed E-state index contributed by atoms with van der Waals surface area (Å²) in [5.41, 5.74) is 10.5. The van der Waals surface area contributed by atoms with Gasteiger partial charge in [-0.2, -0.15) is 0 Å². The average molecular weight is 431 g/mol. The molecule has 5 atom stereocenters. The lowest BCUT2D eigenvalue weighted by atomic mass is 10.1. The molecule has 9 N–H and O–H groups in total. The summed E-state index contributed by atoms with van der Waals surface area (Å²) in [5.74, 6) is -4.40. The van der Waals surface area contributed by atoms with Crippen LogP contribution in [0.1, 0.15) is 32.6 Å². The SMILES string of the molecule is CC(O)C(N)C(=O)NC(CO)C(=O)N1CCCC1C(=O)NC(CCC(N)=O)C(=O)O. The number of carboxylic acid groups (broad SMARTS) is 1. The first-order valence-electron chi connectivity index (χ1n) is 9.46. The normalized spacial score (nSPS) is 20.0. The van der Waals surface area contributed by atoms with Crippen molar-refractivity contribution in [3.8, 4) is 0 Å². The van der Waals surface area contributed by atoms with Gasteiger partial charge in [0.1, 0.15) is 24.2 Å². The van der Waals surface area contributed by atoms with Crippen molar-refractivity contribution in [2.24, 2.45) is 11.5 Å². The predicted molar refractivity (Wildman–Crippen MR) is 101 cm³/mol. The van der Waals surface area contributed by atoms with E-state index < -0.39 is 66.5 Å². The van der Waals surface area contributed by atoms with Crippen molar-refractivity contribution >= 4 is 29.6 Å². The molecule has 0 saturated carbocycles. The van der Waals surface area contributed by atoms with Crippen molar-refractivity contribution in [1.29, 1.82) is 0 Å². The first kappa shape index (κ1) is 25.3. The molecule has 13 heteroatoms. The number of nitrogens with two attached hydrogens (primary N) is 2. The van der Waals surface area contributed by atoms with Gasteiger partial charge in [-0.3, -0.25) is 19.2 Å². The molecule has 0 aromatic carbocycles. The van der Waals surface area contributed by atoms with Gasteiger partial charge in [-0.1, -0.05) is 0 Å². The first-order chi connectivity index (χ1) is 14.0. The fourth-order valence-electron chi connectivity index (χ4n) is 2.99. The molecular weight excluding hydrogens is 402 g/mol. The molecule has 1 heterocycles. The highest BCUT2D eigenvalue weighted by Crippen LogP contribution is 2.19. The van der Waals surface area contributed by atoms with E-state index >= 15 is 0 Å². The lowest BCUT2D eigenvalue weighted by Crippen LogP contribution is -2.58.